The lowest BCUT2D eigenvalue weighted by Gasteiger charge is -2.12. The van der Waals surface area contributed by atoms with Crippen LogP contribution in [0.15, 0.2) is 24.3 Å². The molecule has 0 saturated carbocycles. The van der Waals surface area contributed by atoms with Gasteiger partial charge >= 0.3 is 7.82 Å². The number of unbranched alkanes of at least 4 members (excludes halogenated alkanes) is 5. The minimum atomic E-state index is -4.14. The average Bonchev–Trinajstić information content (AvgIpc) is 2.50. The fourth-order valence-corrected chi connectivity index (χ4v) is 2.90. The first-order valence-corrected chi connectivity index (χ1v) is 9.43. The summed E-state index contributed by atoms with van der Waals surface area (Å²) in [7, 11) is -4.14. The zero-order valence-electron chi connectivity index (χ0n) is 13.2. The summed E-state index contributed by atoms with van der Waals surface area (Å²) >= 11 is 0. The van der Waals surface area contributed by atoms with Crippen molar-refractivity contribution in [1.82, 2.24) is 0 Å². The maximum Gasteiger partial charge on any atom is 0.527 e. The predicted molar refractivity (Wildman–Crippen MR) is 87.0 cm³/mol. The fourth-order valence-electron chi connectivity index (χ4n) is 2.14. The van der Waals surface area contributed by atoms with Gasteiger partial charge in [-0.05, 0) is 30.5 Å². The van der Waals surface area contributed by atoms with Crippen LogP contribution in [0, 0.1) is 0 Å². The average molecular weight is 330 g/mol. The molecular formula is C16H27O5P. The zero-order valence-corrected chi connectivity index (χ0v) is 14.1. The quantitative estimate of drug-likeness (QED) is 0.446. The first-order valence-electron chi connectivity index (χ1n) is 7.94. The van der Waals surface area contributed by atoms with Crippen LogP contribution in [0.5, 0.6) is 5.75 Å². The molecule has 0 bridgehead atoms. The van der Waals surface area contributed by atoms with Crippen molar-refractivity contribution in [2.45, 2.75) is 51.9 Å². The van der Waals surface area contributed by atoms with E-state index in [1.165, 1.54) is 37.7 Å². The van der Waals surface area contributed by atoms with E-state index in [-0.39, 0.29) is 19.0 Å². The Morgan fingerprint density at radius 1 is 1.05 bits per heavy atom. The molecule has 1 aromatic carbocycles. The number of phosphoric ester groups is 1. The lowest BCUT2D eigenvalue weighted by molar-refractivity contribution is 0.155. The van der Waals surface area contributed by atoms with Crippen LogP contribution in [-0.4, -0.2) is 23.2 Å². The van der Waals surface area contributed by atoms with E-state index in [1.54, 1.807) is 12.1 Å². The van der Waals surface area contributed by atoms with Crippen molar-refractivity contribution in [1.29, 1.82) is 0 Å². The second-order valence-corrected chi connectivity index (χ2v) is 6.66. The molecule has 1 aromatic rings. The summed E-state index contributed by atoms with van der Waals surface area (Å²) in [4.78, 5) is 9.41. The van der Waals surface area contributed by atoms with Gasteiger partial charge in [0.15, 0.2) is 0 Å². The number of phosphoric acid groups is 1. The maximum atomic E-state index is 11.5. The molecule has 0 aliphatic rings. The highest BCUT2D eigenvalue weighted by Gasteiger charge is 2.22. The Labute approximate surface area is 132 Å². The summed E-state index contributed by atoms with van der Waals surface area (Å²) in [6.07, 6.45) is 8.56. The molecule has 5 nitrogen and oxygen atoms in total. The van der Waals surface area contributed by atoms with Crippen LogP contribution in [0.3, 0.4) is 0 Å². The van der Waals surface area contributed by atoms with Crippen molar-refractivity contribution in [3.63, 3.8) is 0 Å². The standard InChI is InChI=1S/C16H27O5P/c1-2-3-4-5-6-7-8-15-9-11-16(12-10-15)21-22(18,19)20-14-13-17/h9-12,17H,2-8,13-14H2,1H3,(H,18,19). The smallest absolute Gasteiger partial charge is 0.404 e. The Hall–Kier alpha value is -0.870. The van der Waals surface area contributed by atoms with Crippen molar-refractivity contribution < 1.29 is 23.6 Å². The van der Waals surface area contributed by atoms with Crippen molar-refractivity contribution in [3.8, 4) is 5.75 Å². The first-order chi connectivity index (χ1) is 10.6. The molecule has 1 rings (SSSR count). The molecule has 0 aliphatic carbocycles. The summed E-state index contributed by atoms with van der Waals surface area (Å²) in [6, 6.07) is 7.12. The number of aliphatic hydroxyl groups excluding tert-OH is 1. The van der Waals surface area contributed by atoms with Crippen LogP contribution in [0.25, 0.3) is 0 Å². The predicted octanol–water partition coefficient (Wildman–Crippen LogP) is 4.08. The Bertz CT molecular complexity index is 446. The summed E-state index contributed by atoms with van der Waals surface area (Å²) in [5, 5.41) is 8.57. The Morgan fingerprint density at radius 3 is 2.32 bits per heavy atom. The van der Waals surface area contributed by atoms with E-state index in [0.717, 1.165) is 12.8 Å². The van der Waals surface area contributed by atoms with Crippen LogP contribution < -0.4 is 4.52 Å². The van der Waals surface area contributed by atoms with Gasteiger partial charge < -0.3 is 9.63 Å². The second-order valence-electron chi connectivity index (χ2n) is 5.28. The Kier molecular flexibility index (Phi) is 9.41. The molecule has 0 saturated heterocycles. The summed E-state index contributed by atoms with van der Waals surface area (Å²) in [6.45, 7) is 1.65. The third kappa shape index (κ3) is 8.54. The van der Waals surface area contributed by atoms with E-state index in [4.69, 9.17) is 9.63 Å². The molecule has 0 heterocycles. The monoisotopic (exact) mass is 330 g/mol. The van der Waals surface area contributed by atoms with Gasteiger partial charge in [0.05, 0.1) is 13.2 Å². The molecule has 126 valence electrons. The van der Waals surface area contributed by atoms with Gasteiger partial charge in [0.2, 0.25) is 0 Å². The first kappa shape index (κ1) is 19.2. The van der Waals surface area contributed by atoms with Gasteiger partial charge in [-0.2, -0.15) is 0 Å². The van der Waals surface area contributed by atoms with Crippen LogP contribution in [0.2, 0.25) is 0 Å². The number of benzene rings is 1. The van der Waals surface area contributed by atoms with E-state index in [1.807, 2.05) is 12.1 Å². The molecular weight excluding hydrogens is 303 g/mol. The number of rotatable bonds is 12. The highest BCUT2D eigenvalue weighted by Crippen LogP contribution is 2.43. The van der Waals surface area contributed by atoms with Gasteiger partial charge in [0, 0.05) is 0 Å². The van der Waals surface area contributed by atoms with Crippen LogP contribution >= 0.6 is 7.82 Å². The third-order valence-electron chi connectivity index (χ3n) is 3.31. The van der Waals surface area contributed by atoms with Crippen molar-refractivity contribution in [3.05, 3.63) is 29.8 Å². The molecule has 0 amide bonds. The van der Waals surface area contributed by atoms with E-state index < -0.39 is 7.82 Å². The van der Waals surface area contributed by atoms with Gasteiger partial charge in [0.1, 0.15) is 5.75 Å². The van der Waals surface area contributed by atoms with Gasteiger partial charge in [-0.15, -0.1) is 0 Å². The highest BCUT2D eigenvalue weighted by atomic mass is 31.2. The lowest BCUT2D eigenvalue weighted by atomic mass is 10.1. The zero-order chi connectivity index (χ0) is 16.3. The van der Waals surface area contributed by atoms with Gasteiger partial charge in [-0.25, -0.2) is 4.57 Å². The van der Waals surface area contributed by atoms with Crippen molar-refractivity contribution in [2.75, 3.05) is 13.2 Å². The normalized spacial score (nSPS) is 13.8. The second kappa shape index (κ2) is 10.8. The number of hydrogen-bond acceptors (Lipinski definition) is 4. The summed E-state index contributed by atoms with van der Waals surface area (Å²) in [5.41, 5.74) is 1.19. The fraction of sp³-hybridized carbons (Fsp3) is 0.625. The molecule has 2 N–H and O–H groups in total. The van der Waals surface area contributed by atoms with E-state index in [2.05, 4.69) is 11.4 Å². The third-order valence-corrected chi connectivity index (χ3v) is 4.26. The van der Waals surface area contributed by atoms with Crippen LogP contribution in [-0.2, 0) is 15.5 Å². The molecule has 6 heteroatoms. The molecule has 0 fully saturated rings. The molecule has 0 aliphatic heterocycles. The lowest BCUT2D eigenvalue weighted by Crippen LogP contribution is -2.01. The van der Waals surface area contributed by atoms with Crippen molar-refractivity contribution in [2.24, 2.45) is 0 Å². The Balaban J connectivity index is 2.32. The van der Waals surface area contributed by atoms with E-state index in [9.17, 15) is 9.46 Å². The van der Waals surface area contributed by atoms with Crippen molar-refractivity contribution >= 4 is 7.82 Å². The summed E-state index contributed by atoms with van der Waals surface area (Å²) in [5.74, 6) is 0.287. The minimum absolute atomic E-state index is 0.232. The molecule has 1 atom stereocenters. The molecule has 0 radical (unpaired) electrons. The SMILES string of the molecule is CCCCCCCCc1ccc(OP(=O)(O)OCCO)cc1. The molecule has 0 aromatic heterocycles. The summed E-state index contributed by atoms with van der Waals surface area (Å²) < 4.78 is 21.0. The number of aliphatic hydroxyl groups is 1. The van der Waals surface area contributed by atoms with E-state index >= 15 is 0 Å². The topological polar surface area (TPSA) is 76.0 Å². The van der Waals surface area contributed by atoms with Gasteiger partial charge in [-0.1, -0.05) is 51.2 Å². The Morgan fingerprint density at radius 2 is 1.68 bits per heavy atom. The molecule has 1 unspecified atom stereocenters. The van der Waals surface area contributed by atoms with Gasteiger partial charge in [0.25, 0.3) is 0 Å². The van der Waals surface area contributed by atoms with Crippen LogP contribution in [0.4, 0.5) is 0 Å². The van der Waals surface area contributed by atoms with Gasteiger partial charge in [-0.3, -0.25) is 9.42 Å². The van der Waals surface area contributed by atoms with E-state index in [0.29, 0.717) is 0 Å². The highest BCUT2D eigenvalue weighted by molar-refractivity contribution is 7.47. The number of hydrogen-bond donors (Lipinski definition) is 2. The molecule has 0 spiro atoms. The molecule has 22 heavy (non-hydrogen) atoms. The minimum Gasteiger partial charge on any atom is -0.404 e. The maximum absolute atomic E-state index is 11.5. The number of aryl methyl sites for hydroxylation is 1. The van der Waals surface area contributed by atoms with Crippen LogP contribution in [0.1, 0.15) is 51.0 Å². The largest absolute Gasteiger partial charge is 0.527 e.